The number of amidine groups is 1. The van der Waals surface area contributed by atoms with E-state index in [9.17, 15) is 9.59 Å². The lowest BCUT2D eigenvalue weighted by Gasteiger charge is -2.54. The fourth-order valence-electron chi connectivity index (χ4n) is 6.30. The summed E-state index contributed by atoms with van der Waals surface area (Å²) in [6.45, 7) is 7.64. The number of hydrogen-bond acceptors (Lipinski definition) is 6. The van der Waals surface area contributed by atoms with E-state index in [1.165, 1.54) is 0 Å². The molecule has 0 spiro atoms. The van der Waals surface area contributed by atoms with E-state index in [1.54, 1.807) is 24.0 Å². The van der Waals surface area contributed by atoms with Crippen molar-refractivity contribution in [3.8, 4) is 5.75 Å². The highest BCUT2D eigenvalue weighted by Gasteiger charge is 2.63. The van der Waals surface area contributed by atoms with Crippen molar-refractivity contribution >= 4 is 29.4 Å². The monoisotopic (exact) mass is 576 g/mol. The Morgan fingerprint density at radius 1 is 1.02 bits per heavy atom. The first-order valence-electron chi connectivity index (χ1n) is 13.6. The molecule has 1 fully saturated rings. The molecule has 1 N–H and O–H groups in total. The number of halogens is 1. The predicted octanol–water partition coefficient (Wildman–Crippen LogP) is 5.36. The second-order valence-corrected chi connectivity index (χ2v) is 11.7. The number of fused-ring (bicyclic) bond motifs is 2. The van der Waals surface area contributed by atoms with Gasteiger partial charge in [0.05, 0.1) is 30.6 Å². The highest BCUT2D eigenvalue weighted by Crippen LogP contribution is 2.57. The van der Waals surface area contributed by atoms with Crippen LogP contribution in [0.2, 0.25) is 5.02 Å². The lowest BCUT2D eigenvalue weighted by Crippen LogP contribution is -2.66. The largest absolute Gasteiger partial charge is 0.497 e. The smallest absolute Gasteiger partial charge is 0.330 e. The van der Waals surface area contributed by atoms with Gasteiger partial charge in [-0.3, -0.25) is 19.6 Å². The highest BCUT2D eigenvalue weighted by molar-refractivity contribution is 6.30. The van der Waals surface area contributed by atoms with Gasteiger partial charge in [0.15, 0.2) is 0 Å². The van der Waals surface area contributed by atoms with Crippen LogP contribution in [0.15, 0.2) is 76.8 Å². The van der Waals surface area contributed by atoms with E-state index >= 15 is 0 Å². The minimum absolute atomic E-state index is 0.133. The zero-order valence-electron chi connectivity index (χ0n) is 23.9. The van der Waals surface area contributed by atoms with Crippen LogP contribution in [0, 0.1) is 5.41 Å². The Morgan fingerprint density at radius 2 is 1.68 bits per heavy atom. The van der Waals surface area contributed by atoms with Gasteiger partial charge in [0.1, 0.15) is 40.9 Å². The van der Waals surface area contributed by atoms with Crippen molar-refractivity contribution in [1.82, 2.24) is 15.1 Å². The molecule has 2 aromatic rings. The van der Waals surface area contributed by atoms with Gasteiger partial charge in [0.25, 0.3) is 0 Å². The number of amides is 3. The third kappa shape index (κ3) is 4.05. The quantitative estimate of drug-likeness (QED) is 0.500. The Bertz CT molecular complexity index is 1520. The first kappa shape index (κ1) is 27.4. The zero-order chi connectivity index (χ0) is 29.3. The van der Waals surface area contributed by atoms with Crippen LogP contribution in [0.3, 0.4) is 0 Å². The molecule has 10 heteroatoms. The molecule has 41 heavy (non-hydrogen) atoms. The first-order chi connectivity index (χ1) is 19.5. The fourth-order valence-corrected chi connectivity index (χ4v) is 6.43. The molecule has 4 atom stereocenters. The third-order valence-electron chi connectivity index (χ3n) is 8.35. The lowest BCUT2D eigenvalue weighted by atomic mass is 9.71. The van der Waals surface area contributed by atoms with Crippen molar-refractivity contribution in [2.75, 3.05) is 20.8 Å². The second-order valence-electron chi connectivity index (χ2n) is 11.3. The van der Waals surface area contributed by atoms with Crippen LogP contribution >= 0.6 is 11.6 Å². The number of carbonyl (C=O) groups is 2. The van der Waals surface area contributed by atoms with Gasteiger partial charge in [-0.05, 0) is 69.2 Å². The van der Waals surface area contributed by atoms with Gasteiger partial charge in [-0.1, -0.05) is 35.9 Å². The lowest BCUT2D eigenvalue weighted by molar-refractivity contribution is -0.123. The molecule has 6 rings (SSSR count). The maximum atomic E-state index is 14.5. The van der Waals surface area contributed by atoms with Gasteiger partial charge in [0, 0.05) is 12.1 Å². The molecule has 1 saturated heterocycles. The van der Waals surface area contributed by atoms with Crippen LogP contribution in [-0.4, -0.2) is 60.0 Å². The number of nitrogens with one attached hydrogen (secondary N) is 1. The van der Waals surface area contributed by atoms with Crippen molar-refractivity contribution in [2.45, 2.75) is 51.5 Å². The number of ether oxygens (including phenoxy) is 3. The molecule has 4 aliphatic rings. The molecule has 9 nitrogen and oxygen atoms in total. The molecular weight excluding hydrogens is 544 g/mol. The second kappa shape index (κ2) is 9.63. The number of methoxy groups -OCH3 is 2. The van der Waals surface area contributed by atoms with Gasteiger partial charge in [0.2, 0.25) is 5.91 Å². The summed E-state index contributed by atoms with van der Waals surface area (Å²) >= 11 is 6.26. The number of aliphatic imine (C=N–C) groups is 1. The normalized spacial score (nSPS) is 28.7. The maximum absolute atomic E-state index is 14.5. The summed E-state index contributed by atoms with van der Waals surface area (Å²) < 4.78 is 17.8. The Kier molecular flexibility index (Phi) is 6.43. The minimum Gasteiger partial charge on any atom is -0.497 e. The van der Waals surface area contributed by atoms with Gasteiger partial charge in [-0.2, -0.15) is 0 Å². The Hall–Kier alpha value is -3.82. The summed E-state index contributed by atoms with van der Waals surface area (Å²) in [5.74, 6) is 1.59. The topological polar surface area (TPSA) is 92.7 Å². The van der Waals surface area contributed by atoms with Crippen molar-refractivity contribution in [3.05, 3.63) is 87.9 Å². The SMILES string of the molecule is COc1ccc([C@H]2N=C3N(C(=O)N4CC(=O)NC5=C4C3(C)C(OC(C)C)=CC5(C)OC)[C@H]2c2ccc(Cl)cc2)cc1. The van der Waals surface area contributed by atoms with E-state index in [-0.39, 0.29) is 24.6 Å². The molecule has 3 heterocycles. The molecule has 0 aromatic heterocycles. The van der Waals surface area contributed by atoms with E-state index in [0.717, 1.165) is 16.9 Å². The van der Waals surface area contributed by atoms with Gasteiger partial charge < -0.3 is 19.5 Å². The number of rotatable bonds is 6. The highest BCUT2D eigenvalue weighted by atomic mass is 35.5. The standard InChI is InChI=1S/C31H33ClN4O5/c1-17(2)41-22-15-30(3,40-6)26-27-31(22,4)28-34-24(18-9-13-21(39-5)14-10-18)25(19-7-11-20(32)12-8-19)36(28)29(38)35(27)16-23(37)33-26/h7-15,17,24-25H,16H2,1-6H3,(H,33,37)/t24-,25+,30?,31?/m1/s1. The third-order valence-corrected chi connectivity index (χ3v) is 8.60. The summed E-state index contributed by atoms with van der Waals surface area (Å²) in [7, 11) is 3.20. The van der Waals surface area contributed by atoms with E-state index in [1.807, 2.05) is 82.3 Å². The van der Waals surface area contributed by atoms with E-state index in [0.29, 0.717) is 28.0 Å². The average Bonchev–Trinajstić information content (AvgIpc) is 3.36. The number of nitrogens with zero attached hydrogens (tertiary/aromatic N) is 3. The summed E-state index contributed by atoms with van der Waals surface area (Å²) in [4.78, 5) is 36.2. The molecule has 0 saturated carbocycles. The van der Waals surface area contributed by atoms with Crippen LogP contribution in [0.4, 0.5) is 4.79 Å². The molecule has 3 amide bonds. The van der Waals surface area contributed by atoms with Crippen LogP contribution < -0.4 is 10.1 Å². The Balaban J connectivity index is 1.62. The summed E-state index contributed by atoms with van der Waals surface area (Å²) in [6.07, 6.45) is 1.73. The van der Waals surface area contributed by atoms with Crippen LogP contribution in [-0.2, 0) is 14.3 Å². The zero-order valence-corrected chi connectivity index (χ0v) is 24.7. The molecule has 2 unspecified atom stereocenters. The molecular formula is C31H33ClN4O5. The molecule has 1 aliphatic carbocycles. The van der Waals surface area contributed by atoms with Crippen molar-refractivity contribution in [1.29, 1.82) is 0 Å². The molecule has 2 aromatic carbocycles. The fraction of sp³-hybridized carbons (Fsp3) is 0.387. The predicted molar refractivity (Wildman–Crippen MR) is 154 cm³/mol. The number of carbonyl (C=O) groups excluding carboxylic acids is 2. The first-order valence-corrected chi connectivity index (χ1v) is 14.0. The summed E-state index contributed by atoms with van der Waals surface area (Å²) in [5, 5.41) is 3.60. The van der Waals surface area contributed by atoms with Gasteiger partial charge in [-0.15, -0.1) is 0 Å². The summed E-state index contributed by atoms with van der Waals surface area (Å²) in [5.41, 5.74) is 0.892. The number of urea groups is 1. The average molecular weight is 577 g/mol. The van der Waals surface area contributed by atoms with Crippen molar-refractivity contribution in [2.24, 2.45) is 10.4 Å². The maximum Gasteiger partial charge on any atom is 0.330 e. The van der Waals surface area contributed by atoms with Gasteiger partial charge in [-0.25, -0.2) is 4.79 Å². The van der Waals surface area contributed by atoms with Crippen LogP contribution in [0.1, 0.15) is 50.9 Å². The van der Waals surface area contributed by atoms with Crippen molar-refractivity contribution in [3.63, 3.8) is 0 Å². The molecule has 3 aliphatic heterocycles. The minimum atomic E-state index is -1.03. The van der Waals surface area contributed by atoms with E-state index in [4.69, 9.17) is 30.8 Å². The Morgan fingerprint density at radius 3 is 2.29 bits per heavy atom. The van der Waals surface area contributed by atoms with Crippen molar-refractivity contribution < 1.29 is 23.8 Å². The number of benzene rings is 2. The Labute approximate surface area is 244 Å². The summed E-state index contributed by atoms with van der Waals surface area (Å²) in [6, 6.07) is 13.9. The van der Waals surface area contributed by atoms with Gasteiger partial charge >= 0.3 is 6.03 Å². The molecule has 0 radical (unpaired) electrons. The molecule has 214 valence electrons. The van der Waals surface area contributed by atoms with Crippen LogP contribution in [0.25, 0.3) is 0 Å². The number of hydrogen-bond donors (Lipinski definition) is 1. The molecule has 0 bridgehead atoms. The van der Waals surface area contributed by atoms with E-state index in [2.05, 4.69) is 5.32 Å². The van der Waals surface area contributed by atoms with Crippen LogP contribution in [0.5, 0.6) is 5.75 Å². The van der Waals surface area contributed by atoms with E-state index < -0.39 is 23.1 Å².